The van der Waals surface area contributed by atoms with Crippen LogP contribution in [-0.4, -0.2) is 65.5 Å². The first-order valence-corrected chi connectivity index (χ1v) is 8.59. The summed E-state index contributed by atoms with van der Waals surface area (Å²) in [6, 6.07) is 8.20. The average molecular weight is 340 g/mol. The molecule has 1 aliphatic heterocycles. The van der Waals surface area contributed by atoms with Crippen molar-refractivity contribution in [1.29, 1.82) is 0 Å². The van der Waals surface area contributed by atoms with Gasteiger partial charge in [0.1, 0.15) is 11.4 Å². The molecule has 0 spiro atoms. The highest BCUT2D eigenvalue weighted by molar-refractivity contribution is 5.92. The Kier molecular flexibility index (Phi) is 5.60. The number of ether oxygens (including phenoxy) is 1. The highest BCUT2D eigenvalue weighted by Crippen LogP contribution is 2.13. The Morgan fingerprint density at radius 3 is 2.40 bits per heavy atom. The zero-order valence-corrected chi connectivity index (χ0v) is 14.8. The van der Waals surface area contributed by atoms with E-state index in [0.29, 0.717) is 5.69 Å². The van der Waals surface area contributed by atoms with Crippen molar-refractivity contribution < 1.29 is 9.53 Å². The van der Waals surface area contributed by atoms with E-state index in [1.807, 2.05) is 24.0 Å². The van der Waals surface area contributed by atoms with Gasteiger partial charge in [0.25, 0.3) is 5.91 Å². The Labute approximate surface area is 148 Å². The summed E-state index contributed by atoms with van der Waals surface area (Å²) in [7, 11) is 1.68. The van der Waals surface area contributed by atoms with Gasteiger partial charge in [-0.2, -0.15) is 0 Å². The molecule has 1 aromatic carbocycles. The Hall–Kier alpha value is -2.47. The van der Waals surface area contributed by atoms with Crippen LogP contribution in [0.1, 0.15) is 21.7 Å². The Morgan fingerprint density at radius 2 is 1.80 bits per heavy atom. The molecule has 2 aromatic rings. The number of hydrogen-bond donors (Lipinski definition) is 0. The Morgan fingerprint density at radius 1 is 1.08 bits per heavy atom. The summed E-state index contributed by atoms with van der Waals surface area (Å²) in [5.74, 6) is 0.859. The van der Waals surface area contributed by atoms with Gasteiger partial charge in [-0.3, -0.25) is 14.7 Å². The number of carbonyl (C=O) groups is 1. The van der Waals surface area contributed by atoms with E-state index >= 15 is 0 Å². The first kappa shape index (κ1) is 17.4. The molecule has 0 N–H and O–H groups in total. The molecule has 132 valence electrons. The molecule has 0 radical (unpaired) electrons. The topological polar surface area (TPSA) is 58.6 Å². The summed E-state index contributed by atoms with van der Waals surface area (Å²) in [4.78, 5) is 25.1. The number of aryl methyl sites for hydroxylation is 1. The second-order valence-corrected chi connectivity index (χ2v) is 6.27. The van der Waals surface area contributed by atoms with Crippen LogP contribution in [0.25, 0.3) is 0 Å². The molecule has 6 nitrogen and oxygen atoms in total. The van der Waals surface area contributed by atoms with Gasteiger partial charge in [-0.15, -0.1) is 0 Å². The zero-order chi connectivity index (χ0) is 17.6. The van der Waals surface area contributed by atoms with Gasteiger partial charge >= 0.3 is 0 Å². The minimum absolute atomic E-state index is 0.0256. The van der Waals surface area contributed by atoms with E-state index in [2.05, 4.69) is 27.0 Å². The number of nitrogens with zero attached hydrogens (tertiary/aromatic N) is 4. The summed E-state index contributed by atoms with van der Waals surface area (Å²) in [5.41, 5.74) is 2.55. The largest absolute Gasteiger partial charge is 0.497 e. The molecular weight excluding hydrogens is 316 g/mol. The zero-order valence-electron chi connectivity index (χ0n) is 14.8. The lowest BCUT2D eigenvalue weighted by Crippen LogP contribution is -2.49. The van der Waals surface area contributed by atoms with Crippen LogP contribution >= 0.6 is 0 Å². The summed E-state index contributed by atoms with van der Waals surface area (Å²) in [5, 5.41) is 0. The third-order valence-electron chi connectivity index (χ3n) is 4.54. The fourth-order valence-corrected chi connectivity index (χ4v) is 2.92. The summed E-state index contributed by atoms with van der Waals surface area (Å²) in [6.45, 7) is 6.11. The van der Waals surface area contributed by atoms with Crippen molar-refractivity contribution in [2.45, 2.75) is 13.3 Å². The van der Waals surface area contributed by atoms with Crippen molar-refractivity contribution in [3.05, 3.63) is 53.6 Å². The van der Waals surface area contributed by atoms with Crippen LogP contribution in [0.3, 0.4) is 0 Å². The third kappa shape index (κ3) is 4.54. The van der Waals surface area contributed by atoms with Crippen LogP contribution in [0.4, 0.5) is 0 Å². The van der Waals surface area contributed by atoms with Gasteiger partial charge in [-0.1, -0.05) is 12.1 Å². The fraction of sp³-hybridized carbons (Fsp3) is 0.421. The van der Waals surface area contributed by atoms with E-state index in [1.165, 1.54) is 5.56 Å². The summed E-state index contributed by atoms with van der Waals surface area (Å²) >= 11 is 0. The molecule has 0 saturated carbocycles. The van der Waals surface area contributed by atoms with E-state index in [9.17, 15) is 4.79 Å². The van der Waals surface area contributed by atoms with Crippen molar-refractivity contribution in [2.75, 3.05) is 39.8 Å². The highest BCUT2D eigenvalue weighted by Gasteiger charge is 2.22. The number of benzene rings is 1. The molecule has 1 aliphatic rings. The Bertz CT molecular complexity index is 692. The maximum Gasteiger partial charge on any atom is 0.274 e. The van der Waals surface area contributed by atoms with E-state index in [0.717, 1.165) is 50.6 Å². The average Bonchev–Trinajstić information content (AvgIpc) is 2.67. The minimum atomic E-state index is -0.0256. The van der Waals surface area contributed by atoms with E-state index in [4.69, 9.17) is 4.74 Å². The molecule has 3 rings (SSSR count). The van der Waals surface area contributed by atoms with Crippen molar-refractivity contribution in [1.82, 2.24) is 19.8 Å². The molecule has 2 heterocycles. The van der Waals surface area contributed by atoms with E-state index < -0.39 is 0 Å². The number of carbonyl (C=O) groups excluding carboxylic acids is 1. The Balaban J connectivity index is 1.46. The first-order valence-electron chi connectivity index (χ1n) is 8.59. The second-order valence-electron chi connectivity index (χ2n) is 6.27. The molecule has 0 unspecified atom stereocenters. The van der Waals surface area contributed by atoms with Crippen LogP contribution in [0.2, 0.25) is 0 Å². The summed E-state index contributed by atoms with van der Waals surface area (Å²) in [6.07, 6.45) is 4.20. The van der Waals surface area contributed by atoms with Gasteiger partial charge in [0.15, 0.2) is 0 Å². The van der Waals surface area contributed by atoms with Gasteiger partial charge < -0.3 is 9.64 Å². The normalized spacial score (nSPS) is 15.2. The number of methoxy groups -OCH3 is 1. The highest BCUT2D eigenvalue weighted by atomic mass is 16.5. The molecule has 0 atom stereocenters. The maximum absolute atomic E-state index is 12.5. The van der Waals surface area contributed by atoms with E-state index in [-0.39, 0.29) is 5.91 Å². The molecule has 6 heteroatoms. The lowest BCUT2D eigenvalue weighted by molar-refractivity contribution is 0.0632. The molecule has 25 heavy (non-hydrogen) atoms. The third-order valence-corrected chi connectivity index (χ3v) is 4.54. The predicted octanol–water partition coefficient (Wildman–Crippen LogP) is 1.79. The van der Waals surface area contributed by atoms with Crippen LogP contribution in [0, 0.1) is 6.92 Å². The monoisotopic (exact) mass is 340 g/mol. The van der Waals surface area contributed by atoms with Crippen molar-refractivity contribution in [2.24, 2.45) is 0 Å². The summed E-state index contributed by atoms with van der Waals surface area (Å²) < 4.78 is 5.18. The van der Waals surface area contributed by atoms with Gasteiger partial charge in [0.2, 0.25) is 0 Å². The van der Waals surface area contributed by atoms with E-state index in [1.54, 1.807) is 19.5 Å². The van der Waals surface area contributed by atoms with Gasteiger partial charge in [0, 0.05) is 38.9 Å². The number of amides is 1. The molecule has 1 aromatic heterocycles. The van der Waals surface area contributed by atoms with Gasteiger partial charge in [-0.25, -0.2) is 4.98 Å². The molecule has 1 saturated heterocycles. The molecule has 0 bridgehead atoms. The maximum atomic E-state index is 12.5. The van der Waals surface area contributed by atoms with Crippen LogP contribution in [-0.2, 0) is 6.42 Å². The lowest BCUT2D eigenvalue weighted by atomic mass is 10.1. The fourth-order valence-electron chi connectivity index (χ4n) is 2.92. The molecule has 0 aliphatic carbocycles. The number of aromatic nitrogens is 2. The molecular formula is C19H24N4O2. The van der Waals surface area contributed by atoms with Crippen molar-refractivity contribution in [3.8, 4) is 5.75 Å². The number of hydrogen-bond acceptors (Lipinski definition) is 5. The smallest absolute Gasteiger partial charge is 0.274 e. The standard InChI is InChI=1S/C19H24N4O2/c1-15-13-21-18(14-20-15)19(24)23-11-9-22(10-12-23)8-7-16-3-5-17(25-2)6-4-16/h3-6,13-14H,7-12H2,1-2H3. The SMILES string of the molecule is COc1ccc(CCN2CCN(C(=O)c3cnc(C)cn3)CC2)cc1. The quantitative estimate of drug-likeness (QED) is 0.831. The van der Waals surface area contributed by atoms with Crippen molar-refractivity contribution >= 4 is 5.91 Å². The molecule has 1 amide bonds. The van der Waals surface area contributed by atoms with Crippen LogP contribution in [0.5, 0.6) is 5.75 Å². The predicted molar refractivity (Wildman–Crippen MR) is 95.8 cm³/mol. The number of piperazine rings is 1. The van der Waals surface area contributed by atoms with Crippen molar-refractivity contribution in [3.63, 3.8) is 0 Å². The first-order chi connectivity index (χ1) is 12.2. The molecule has 1 fully saturated rings. The lowest BCUT2D eigenvalue weighted by Gasteiger charge is -2.34. The second kappa shape index (κ2) is 8.07. The van der Waals surface area contributed by atoms with Crippen LogP contribution < -0.4 is 4.74 Å². The minimum Gasteiger partial charge on any atom is -0.497 e. The number of rotatable bonds is 5. The van der Waals surface area contributed by atoms with Gasteiger partial charge in [-0.05, 0) is 31.0 Å². The van der Waals surface area contributed by atoms with Crippen LogP contribution in [0.15, 0.2) is 36.7 Å². The van der Waals surface area contributed by atoms with Gasteiger partial charge in [0.05, 0.1) is 19.0 Å².